The average Bonchev–Trinajstić information content (AvgIpc) is 3.40. The van der Waals surface area contributed by atoms with Crippen molar-refractivity contribution in [1.29, 1.82) is 0 Å². The van der Waals surface area contributed by atoms with Gasteiger partial charge >= 0.3 is 0 Å². The summed E-state index contributed by atoms with van der Waals surface area (Å²) in [5.41, 5.74) is 1.17. The molecule has 0 aliphatic carbocycles. The second-order valence-corrected chi connectivity index (χ2v) is 9.77. The van der Waals surface area contributed by atoms with Crippen LogP contribution >= 0.6 is 11.3 Å². The van der Waals surface area contributed by atoms with Gasteiger partial charge in [0, 0.05) is 38.9 Å². The van der Waals surface area contributed by atoms with Gasteiger partial charge in [0.15, 0.2) is 0 Å². The van der Waals surface area contributed by atoms with Gasteiger partial charge in [0.1, 0.15) is 9.77 Å². The molecule has 1 N–H and O–H groups in total. The summed E-state index contributed by atoms with van der Waals surface area (Å²) >= 11 is 1.18. The minimum atomic E-state index is -3.57. The summed E-state index contributed by atoms with van der Waals surface area (Å²) in [6, 6.07) is 11.7. The van der Waals surface area contributed by atoms with Crippen molar-refractivity contribution >= 4 is 33.0 Å². The molecule has 152 valence electrons. The van der Waals surface area contributed by atoms with Crippen molar-refractivity contribution in [3.63, 3.8) is 0 Å². The molecule has 0 radical (unpaired) electrons. The maximum absolute atomic E-state index is 12.8. The number of carbonyl (C=O) groups excluding carboxylic acids is 1. The average molecular weight is 422 g/mol. The highest BCUT2D eigenvalue weighted by atomic mass is 32.2. The smallest absolute Gasteiger partial charge is 0.262 e. The molecule has 28 heavy (non-hydrogen) atoms. The first-order chi connectivity index (χ1) is 13.5. The molecule has 1 aliphatic heterocycles. The van der Waals surface area contributed by atoms with Crippen molar-refractivity contribution in [3.8, 4) is 0 Å². The highest BCUT2D eigenvalue weighted by Gasteiger charge is 2.31. The summed E-state index contributed by atoms with van der Waals surface area (Å²) in [4.78, 5) is 15.1. The molecule has 0 unspecified atom stereocenters. The zero-order valence-corrected chi connectivity index (χ0v) is 17.8. The minimum absolute atomic E-state index is 0.140. The first kappa shape index (κ1) is 20.8. The zero-order chi connectivity index (χ0) is 20.0. The van der Waals surface area contributed by atoms with Gasteiger partial charge in [-0.2, -0.15) is 4.31 Å². The summed E-state index contributed by atoms with van der Waals surface area (Å²) in [6.45, 7) is 2.50. The molecule has 1 amide bonds. The molecule has 0 atom stereocenters. The SMILES string of the molecule is CN(CCCCNC(=O)c1sccc1S(=O)(=O)N1CCCC1)c1ccccc1. The molecule has 1 aromatic heterocycles. The molecule has 0 spiro atoms. The Balaban J connectivity index is 1.48. The van der Waals surface area contributed by atoms with E-state index in [9.17, 15) is 13.2 Å². The Morgan fingerprint density at radius 3 is 2.57 bits per heavy atom. The lowest BCUT2D eigenvalue weighted by atomic mass is 10.2. The van der Waals surface area contributed by atoms with Crippen LogP contribution in [-0.2, 0) is 10.0 Å². The number of hydrogen-bond donors (Lipinski definition) is 1. The van der Waals surface area contributed by atoms with E-state index in [1.165, 1.54) is 21.3 Å². The van der Waals surface area contributed by atoms with Gasteiger partial charge in [-0.1, -0.05) is 18.2 Å². The second-order valence-electron chi connectivity index (χ2n) is 6.95. The molecule has 3 rings (SSSR count). The summed E-state index contributed by atoms with van der Waals surface area (Å²) in [6.07, 6.45) is 3.53. The third-order valence-corrected chi connectivity index (χ3v) is 7.90. The highest BCUT2D eigenvalue weighted by molar-refractivity contribution is 7.89. The van der Waals surface area contributed by atoms with Crippen LogP contribution < -0.4 is 10.2 Å². The van der Waals surface area contributed by atoms with Crippen molar-refractivity contribution in [2.45, 2.75) is 30.6 Å². The largest absolute Gasteiger partial charge is 0.375 e. The fourth-order valence-electron chi connectivity index (χ4n) is 3.30. The number of rotatable bonds is 9. The van der Waals surface area contributed by atoms with Gasteiger partial charge in [0.05, 0.1) is 0 Å². The number of carbonyl (C=O) groups is 1. The van der Waals surface area contributed by atoms with E-state index >= 15 is 0 Å². The van der Waals surface area contributed by atoms with Gasteiger partial charge in [-0.3, -0.25) is 4.79 Å². The molecular weight excluding hydrogens is 394 g/mol. The molecule has 1 fully saturated rings. The van der Waals surface area contributed by atoms with Gasteiger partial charge in [0.2, 0.25) is 10.0 Å². The van der Waals surface area contributed by atoms with E-state index in [1.807, 2.05) is 18.2 Å². The molecule has 1 aromatic carbocycles. The highest BCUT2D eigenvalue weighted by Crippen LogP contribution is 2.27. The zero-order valence-electron chi connectivity index (χ0n) is 16.1. The Morgan fingerprint density at radius 1 is 1.14 bits per heavy atom. The lowest BCUT2D eigenvalue weighted by Gasteiger charge is -2.19. The summed E-state index contributed by atoms with van der Waals surface area (Å²) in [7, 11) is -1.52. The molecule has 6 nitrogen and oxygen atoms in total. The first-order valence-corrected chi connectivity index (χ1v) is 11.9. The summed E-state index contributed by atoms with van der Waals surface area (Å²) < 4.78 is 27.0. The van der Waals surface area contributed by atoms with E-state index in [1.54, 1.807) is 11.4 Å². The van der Waals surface area contributed by atoms with Crippen molar-refractivity contribution in [3.05, 3.63) is 46.7 Å². The number of nitrogens with one attached hydrogen (secondary N) is 1. The Morgan fingerprint density at radius 2 is 1.86 bits per heavy atom. The molecule has 1 saturated heterocycles. The van der Waals surface area contributed by atoms with E-state index in [0.29, 0.717) is 19.6 Å². The molecule has 2 heterocycles. The van der Waals surface area contributed by atoms with Crippen LogP contribution in [0.25, 0.3) is 0 Å². The molecule has 0 bridgehead atoms. The van der Waals surface area contributed by atoms with Gasteiger partial charge in [-0.25, -0.2) is 8.42 Å². The molecular formula is C20H27N3O3S2. The topological polar surface area (TPSA) is 69.7 Å². The Hall–Kier alpha value is -1.90. The lowest BCUT2D eigenvalue weighted by Crippen LogP contribution is -2.31. The number of thiophene rings is 1. The molecule has 2 aromatic rings. The standard InChI is InChI=1S/C20H27N3O3S2/c1-22(17-9-3-2-4-10-17)13-6-5-12-21-20(24)19-18(11-16-27-19)28(25,26)23-14-7-8-15-23/h2-4,9-11,16H,5-8,12-15H2,1H3,(H,21,24). The van der Waals surface area contributed by atoms with Crippen LogP contribution in [-0.4, -0.2) is 51.9 Å². The first-order valence-electron chi connectivity index (χ1n) is 9.62. The van der Waals surface area contributed by atoms with E-state index in [2.05, 4.69) is 29.4 Å². The van der Waals surface area contributed by atoms with E-state index in [4.69, 9.17) is 0 Å². The number of anilines is 1. The van der Waals surface area contributed by atoms with E-state index in [-0.39, 0.29) is 15.7 Å². The van der Waals surface area contributed by atoms with Crippen LogP contribution in [0.5, 0.6) is 0 Å². The number of para-hydroxylation sites is 1. The van der Waals surface area contributed by atoms with Crippen molar-refractivity contribution in [1.82, 2.24) is 9.62 Å². The van der Waals surface area contributed by atoms with Crippen LogP contribution in [0.15, 0.2) is 46.7 Å². The molecule has 0 saturated carbocycles. The Labute approximate surface area is 171 Å². The third-order valence-electron chi connectivity index (χ3n) is 4.92. The lowest BCUT2D eigenvalue weighted by molar-refractivity contribution is 0.0954. The van der Waals surface area contributed by atoms with Crippen LogP contribution in [0.4, 0.5) is 5.69 Å². The van der Waals surface area contributed by atoms with Crippen molar-refractivity contribution in [2.75, 3.05) is 38.1 Å². The van der Waals surface area contributed by atoms with Crippen LogP contribution in [0, 0.1) is 0 Å². The summed E-state index contributed by atoms with van der Waals surface area (Å²) in [5.74, 6) is -0.302. The van der Waals surface area contributed by atoms with Crippen LogP contribution in [0.3, 0.4) is 0 Å². The maximum atomic E-state index is 12.8. The minimum Gasteiger partial charge on any atom is -0.375 e. The fourth-order valence-corrected chi connectivity index (χ4v) is 6.14. The summed E-state index contributed by atoms with van der Waals surface area (Å²) in [5, 5.41) is 4.54. The number of sulfonamides is 1. The van der Waals surface area contributed by atoms with E-state index < -0.39 is 10.0 Å². The normalized spacial score (nSPS) is 14.9. The van der Waals surface area contributed by atoms with Gasteiger partial charge < -0.3 is 10.2 Å². The number of benzene rings is 1. The Kier molecular flexibility index (Phi) is 7.09. The van der Waals surface area contributed by atoms with Gasteiger partial charge in [-0.05, 0) is 49.3 Å². The quantitative estimate of drug-likeness (QED) is 0.632. The number of nitrogens with zero attached hydrogens (tertiary/aromatic N) is 2. The second kappa shape index (κ2) is 9.54. The van der Waals surface area contributed by atoms with Crippen molar-refractivity contribution < 1.29 is 13.2 Å². The molecule has 1 aliphatic rings. The fraction of sp³-hybridized carbons (Fsp3) is 0.450. The van der Waals surface area contributed by atoms with Crippen LogP contribution in [0.1, 0.15) is 35.4 Å². The van der Waals surface area contributed by atoms with Crippen LogP contribution in [0.2, 0.25) is 0 Å². The maximum Gasteiger partial charge on any atom is 0.262 e. The monoisotopic (exact) mass is 421 g/mol. The predicted octanol–water partition coefficient (Wildman–Crippen LogP) is 3.18. The Bertz CT molecular complexity index is 875. The number of unbranched alkanes of at least 4 members (excludes halogenated alkanes) is 1. The van der Waals surface area contributed by atoms with E-state index in [0.717, 1.165) is 32.2 Å². The predicted molar refractivity (Wildman–Crippen MR) is 114 cm³/mol. The molecule has 8 heteroatoms. The number of hydrogen-bond acceptors (Lipinski definition) is 5. The van der Waals surface area contributed by atoms with Gasteiger partial charge in [-0.15, -0.1) is 11.3 Å². The van der Waals surface area contributed by atoms with Crippen molar-refractivity contribution in [2.24, 2.45) is 0 Å². The number of amides is 1. The third kappa shape index (κ3) is 4.92. The van der Waals surface area contributed by atoms with Gasteiger partial charge in [0.25, 0.3) is 5.91 Å².